The standard InChI is InChI=1S/C17H15BrF2/c18-17(15-9-8-12(19)10-16(15)20)14-7-3-5-11-4-1-2-6-13(11)14/h1-2,4,6,8-10,14,17H,3,5,7H2. The SMILES string of the molecule is Fc1ccc(C(Br)C2CCCc3ccccc32)c(F)c1. The first-order valence-corrected chi connectivity index (χ1v) is 7.75. The minimum Gasteiger partial charge on any atom is -0.207 e. The minimum atomic E-state index is -0.532. The van der Waals surface area contributed by atoms with Crippen molar-refractivity contribution >= 4 is 15.9 Å². The monoisotopic (exact) mass is 336 g/mol. The molecule has 0 amide bonds. The summed E-state index contributed by atoms with van der Waals surface area (Å²) in [6.45, 7) is 0. The van der Waals surface area contributed by atoms with Gasteiger partial charge in [0.2, 0.25) is 0 Å². The third-order valence-corrected chi connectivity index (χ3v) is 5.16. The second-order valence-electron chi connectivity index (χ2n) is 5.27. The zero-order valence-electron chi connectivity index (χ0n) is 11.0. The number of halogens is 3. The van der Waals surface area contributed by atoms with Crippen LogP contribution in [0.5, 0.6) is 0 Å². The van der Waals surface area contributed by atoms with Crippen molar-refractivity contribution in [2.75, 3.05) is 0 Å². The minimum absolute atomic E-state index is 0.121. The second kappa shape index (κ2) is 5.65. The molecule has 2 unspecified atom stereocenters. The third-order valence-electron chi connectivity index (χ3n) is 4.03. The fourth-order valence-corrected chi connectivity index (χ4v) is 3.96. The second-order valence-corrected chi connectivity index (χ2v) is 6.25. The Morgan fingerprint density at radius 2 is 1.90 bits per heavy atom. The molecule has 0 nitrogen and oxygen atoms in total. The summed E-state index contributed by atoms with van der Waals surface area (Å²) < 4.78 is 27.0. The Bertz CT molecular complexity index is 624. The summed E-state index contributed by atoms with van der Waals surface area (Å²) in [5.74, 6) is -0.773. The van der Waals surface area contributed by atoms with Crippen LogP contribution in [0.2, 0.25) is 0 Å². The average molecular weight is 337 g/mol. The Hall–Kier alpha value is -1.22. The normalized spacial score (nSPS) is 19.4. The third kappa shape index (κ3) is 2.51. The quantitative estimate of drug-likeness (QED) is 0.633. The van der Waals surface area contributed by atoms with Gasteiger partial charge in [0.25, 0.3) is 0 Å². The summed E-state index contributed by atoms with van der Waals surface area (Å²) >= 11 is 3.63. The summed E-state index contributed by atoms with van der Waals surface area (Å²) in [6.07, 6.45) is 3.20. The van der Waals surface area contributed by atoms with Crippen molar-refractivity contribution in [3.05, 3.63) is 70.8 Å². The molecule has 3 heteroatoms. The van der Waals surface area contributed by atoms with Gasteiger partial charge in [0.1, 0.15) is 11.6 Å². The van der Waals surface area contributed by atoms with Gasteiger partial charge in [-0.1, -0.05) is 46.3 Å². The average Bonchev–Trinajstić information content (AvgIpc) is 2.46. The molecule has 0 saturated heterocycles. The van der Waals surface area contributed by atoms with Crippen molar-refractivity contribution in [1.82, 2.24) is 0 Å². The van der Waals surface area contributed by atoms with E-state index in [0.29, 0.717) is 5.56 Å². The highest BCUT2D eigenvalue weighted by molar-refractivity contribution is 9.09. The predicted molar refractivity (Wildman–Crippen MR) is 80.1 cm³/mol. The van der Waals surface area contributed by atoms with Gasteiger partial charge in [0.15, 0.2) is 0 Å². The van der Waals surface area contributed by atoms with Crippen LogP contribution in [0.4, 0.5) is 8.78 Å². The molecule has 20 heavy (non-hydrogen) atoms. The molecule has 0 spiro atoms. The summed E-state index contributed by atoms with van der Waals surface area (Å²) in [5.41, 5.74) is 3.16. The first-order valence-electron chi connectivity index (χ1n) is 6.83. The van der Waals surface area contributed by atoms with Crippen molar-refractivity contribution in [2.24, 2.45) is 0 Å². The number of hydrogen-bond donors (Lipinski definition) is 0. The number of hydrogen-bond acceptors (Lipinski definition) is 0. The van der Waals surface area contributed by atoms with E-state index in [0.717, 1.165) is 25.3 Å². The molecule has 0 aromatic heterocycles. The van der Waals surface area contributed by atoms with Gasteiger partial charge in [-0.05, 0) is 36.5 Å². The summed E-state index contributed by atoms with van der Waals surface area (Å²) in [4.78, 5) is -0.121. The molecule has 0 radical (unpaired) electrons. The van der Waals surface area contributed by atoms with E-state index in [-0.39, 0.29) is 10.7 Å². The Morgan fingerprint density at radius 1 is 1.10 bits per heavy atom. The Kier molecular flexibility index (Phi) is 3.88. The van der Waals surface area contributed by atoms with E-state index in [1.807, 2.05) is 12.1 Å². The number of rotatable bonds is 2. The van der Waals surface area contributed by atoms with E-state index >= 15 is 0 Å². The van der Waals surface area contributed by atoms with E-state index in [1.165, 1.54) is 17.2 Å². The zero-order valence-corrected chi connectivity index (χ0v) is 12.5. The summed E-state index contributed by atoms with van der Waals surface area (Å²) in [5, 5.41) is 0. The maximum Gasteiger partial charge on any atom is 0.130 e. The van der Waals surface area contributed by atoms with E-state index in [4.69, 9.17) is 0 Å². The lowest BCUT2D eigenvalue weighted by Crippen LogP contribution is -2.14. The molecule has 2 aromatic carbocycles. The lowest BCUT2D eigenvalue weighted by atomic mass is 9.79. The molecular formula is C17H15BrF2. The van der Waals surface area contributed by atoms with E-state index in [1.54, 1.807) is 6.07 Å². The topological polar surface area (TPSA) is 0 Å². The van der Waals surface area contributed by atoms with Gasteiger partial charge < -0.3 is 0 Å². The summed E-state index contributed by atoms with van der Waals surface area (Å²) in [6, 6.07) is 12.2. The van der Waals surface area contributed by atoms with Gasteiger partial charge >= 0.3 is 0 Å². The molecule has 2 aromatic rings. The molecule has 0 heterocycles. The maximum absolute atomic E-state index is 14.0. The van der Waals surface area contributed by atoms with Gasteiger partial charge in [0, 0.05) is 22.4 Å². The van der Waals surface area contributed by atoms with Crippen LogP contribution in [0, 0.1) is 11.6 Å². The highest BCUT2D eigenvalue weighted by Gasteiger charge is 2.28. The highest BCUT2D eigenvalue weighted by Crippen LogP contribution is 2.45. The molecule has 0 bridgehead atoms. The number of alkyl halides is 1. The van der Waals surface area contributed by atoms with E-state index in [9.17, 15) is 8.78 Å². The lowest BCUT2D eigenvalue weighted by Gasteiger charge is -2.29. The Labute approximate surface area is 126 Å². The van der Waals surface area contributed by atoms with Crippen molar-refractivity contribution in [1.29, 1.82) is 0 Å². The fraction of sp³-hybridized carbons (Fsp3) is 0.294. The molecule has 2 atom stereocenters. The number of aryl methyl sites for hydroxylation is 1. The van der Waals surface area contributed by atoms with Gasteiger partial charge in [-0.3, -0.25) is 0 Å². The van der Waals surface area contributed by atoms with Crippen LogP contribution in [-0.4, -0.2) is 0 Å². The molecule has 0 aliphatic heterocycles. The van der Waals surface area contributed by atoms with E-state index in [2.05, 4.69) is 28.1 Å². The Balaban J connectivity index is 1.97. The smallest absolute Gasteiger partial charge is 0.130 e. The van der Waals surface area contributed by atoms with Gasteiger partial charge in [-0.2, -0.15) is 0 Å². The molecule has 0 saturated carbocycles. The molecule has 1 aliphatic rings. The number of fused-ring (bicyclic) bond motifs is 1. The highest BCUT2D eigenvalue weighted by atomic mass is 79.9. The van der Waals surface area contributed by atoms with Gasteiger partial charge in [-0.25, -0.2) is 8.78 Å². The maximum atomic E-state index is 14.0. The Morgan fingerprint density at radius 3 is 2.70 bits per heavy atom. The molecule has 1 aliphatic carbocycles. The van der Waals surface area contributed by atoms with Crippen molar-refractivity contribution in [2.45, 2.75) is 30.0 Å². The van der Waals surface area contributed by atoms with Crippen LogP contribution in [0.3, 0.4) is 0 Å². The van der Waals surface area contributed by atoms with Crippen LogP contribution in [0.1, 0.15) is 40.3 Å². The van der Waals surface area contributed by atoms with Crippen LogP contribution >= 0.6 is 15.9 Å². The molecule has 3 rings (SSSR count). The van der Waals surface area contributed by atoms with Crippen molar-refractivity contribution < 1.29 is 8.78 Å². The zero-order chi connectivity index (χ0) is 14.1. The molecular weight excluding hydrogens is 322 g/mol. The fourth-order valence-electron chi connectivity index (χ4n) is 3.04. The van der Waals surface area contributed by atoms with E-state index < -0.39 is 11.6 Å². The first-order chi connectivity index (χ1) is 9.66. The molecule has 0 fully saturated rings. The molecule has 104 valence electrons. The largest absolute Gasteiger partial charge is 0.207 e. The van der Waals surface area contributed by atoms with Gasteiger partial charge in [0.05, 0.1) is 0 Å². The van der Waals surface area contributed by atoms with Crippen LogP contribution < -0.4 is 0 Å². The number of benzene rings is 2. The van der Waals surface area contributed by atoms with Crippen molar-refractivity contribution in [3.8, 4) is 0 Å². The summed E-state index contributed by atoms with van der Waals surface area (Å²) in [7, 11) is 0. The molecule has 0 N–H and O–H groups in total. The van der Waals surface area contributed by atoms with Crippen LogP contribution in [-0.2, 0) is 6.42 Å². The van der Waals surface area contributed by atoms with Crippen LogP contribution in [0.15, 0.2) is 42.5 Å². The van der Waals surface area contributed by atoms with Gasteiger partial charge in [-0.15, -0.1) is 0 Å². The first kappa shape index (κ1) is 13.7. The predicted octanol–water partition coefficient (Wildman–Crippen LogP) is 5.52. The van der Waals surface area contributed by atoms with Crippen molar-refractivity contribution in [3.63, 3.8) is 0 Å². The van der Waals surface area contributed by atoms with Crippen LogP contribution in [0.25, 0.3) is 0 Å². The lowest BCUT2D eigenvalue weighted by molar-refractivity contribution is 0.521.